The summed E-state index contributed by atoms with van der Waals surface area (Å²) in [4.78, 5) is 0. The minimum absolute atomic E-state index is 2.70. The van der Waals surface area contributed by atoms with Crippen LogP contribution >= 0.6 is 0 Å². The minimum Gasteiger partial charge on any atom is -0.747 e. The van der Waals surface area contributed by atoms with E-state index < -0.39 is 22.7 Å². The van der Waals surface area contributed by atoms with E-state index in [1.54, 1.807) is 0 Å². The molecule has 8 heteroatoms. The maximum Gasteiger partial charge on any atom is 0.331 e. The highest BCUT2D eigenvalue weighted by Crippen LogP contribution is 1.83. The summed E-state index contributed by atoms with van der Waals surface area (Å²) in [5, 5.41) is 0. The van der Waals surface area contributed by atoms with Gasteiger partial charge in [0.05, 0.1) is 0 Å². The molecule has 0 aromatic carbocycles. The van der Waals surface area contributed by atoms with Gasteiger partial charge < -0.3 is 4.55 Å². The third-order valence-electron chi connectivity index (χ3n) is 0.142. The van der Waals surface area contributed by atoms with Crippen molar-refractivity contribution in [2.24, 2.45) is 0 Å². The second-order valence-electron chi connectivity index (χ2n) is 0.557. The zero-order valence-corrected chi connectivity index (χ0v) is 4.94. The average molecular weight is 161 g/mol. The van der Waals surface area contributed by atoms with Crippen LogP contribution in [0, 0.1) is 0 Å². The molecule has 0 aromatic heterocycles. The Morgan fingerprint density at radius 3 is 2.00 bits per heavy atom. The van der Waals surface area contributed by atoms with Crippen molar-refractivity contribution in [3.05, 3.63) is 0 Å². The third-order valence-corrected chi connectivity index (χ3v) is 0.591. The molecule has 0 saturated carbocycles. The van der Waals surface area contributed by atoms with Crippen LogP contribution < -0.4 is 0 Å². The molecule has 0 aliphatic rings. The summed E-state index contributed by atoms with van der Waals surface area (Å²) >= 11 is -5.61. The molecule has 0 aromatic rings. The predicted octanol–water partition coefficient (Wildman–Crippen LogP) is -1.13. The molecule has 0 fully saturated rings. The van der Waals surface area contributed by atoms with Gasteiger partial charge in [-0.3, -0.25) is 4.55 Å². The molecular weight excluding hydrogens is 160 g/mol. The Labute approximate surface area is 49.7 Å². The lowest BCUT2D eigenvalue weighted by Crippen LogP contribution is -1.99. The molecule has 2 atom stereocenters. The van der Waals surface area contributed by atoms with Crippen molar-refractivity contribution in [1.29, 1.82) is 0 Å². The molecule has 0 saturated heterocycles. The summed E-state index contributed by atoms with van der Waals surface area (Å²) in [5.74, 6) is 0. The van der Waals surface area contributed by atoms with Gasteiger partial charge in [0.25, 0.3) is 0 Å². The van der Waals surface area contributed by atoms with Gasteiger partial charge in [-0.25, -0.2) is 4.21 Å². The molecule has 0 spiro atoms. The monoisotopic (exact) mass is 161 g/mol. The van der Waals surface area contributed by atoms with Crippen LogP contribution in [0.2, 0.25) is 0 Å². The molecule has 0 bridgehead atoms. The number of hydrogen-bond donors (Lipinski definition) is 1. The lowest BCUT2D eigenvalue weighted by Gasteiger charge is -1.97. The Morgan fingerprint density at radius 2 is 1.88 bits per heavy atom. The van der Waals surface area contributed by atoms with Crippen molar-refractivity contribution >= 4 is 22.7 Å². The van der Waals surface area contributed by atoms with Gasteiger partial charge in [-0.05, 0) is 0 Å². The topological polar surface area (TPSA) is 95.9 Å². The van der Waals surface area contributed by atoms with Crippen LogP contribution in [0.3, 0.4) is 0 Å². The van der Waals surface area contributed by atoms with E-state index in [9.17, 15) is 13.0 Å². The largest absolute Gasteiger partial charge is 0.747 e. The van der Waals surface area contributed by atoms with Gasteiger partial charge in [0, 0.05) is 0 Å². The summed E-state index contributed by atoms with van der Waals surface area (Å²) < 4.78 is 42.1. The molecule has 0 heterocycles. The molecule has 6 nitrogen and oxygen atoms in total. The lowest BCUT2D eigenvalue weighted by molar-refractivity contribution is -0.0885. The first kappa shape index (κ1) is 8.14. The fourth-order valence-electron chi connectivity index (χ4n) is 0.0464. The van der Waals surface area contributed by atoms with Gasteiger partial charge in [0.2, 0.25) is 0 Å². The normalized spacial score (nSPS) is 17.8. The van der Waals surface area contributed by atoms with Crippen molar-refractivity contribution in [2.45, 2.75) is 0 Å². The standard InChI is InChI=1S/H2O6S2/c1-7(2)5-6-8(3)4/h(H,1,2)(H,3,4)/p-1. The number of rotatable bonds is 3. The van der Waals surface area contributed by atoms with Crippen molar-refractivity contribution in [3.8, 4) is 0 Å². The van der Waals surface area contributed by atoms with E-state index in [-0.39, 0.29) is 0 Å². The van der Waals surface area contributed by atoms with Crippen LogP contribution in [0.15, 0.2) is 0 Å². The van der Waals surface area contributed by atoms with E-state index in [1.165, 1.54) is 0 Å². The Morgan fingerprint density at radius 1 is 1.38 bits per heavy atom. The Bertz CT molecular complexity index is 91.1. The maximum atomic E-state index is 9.39. The van der Waals surface area contributed by atoms with E-state index >= 15 is 0 Å². The van der Waals surface area contributed by atoms with Gasteiger partial charge >= 0.3 is 11.4 Å². The zero-order valence-electron chi connectivity index (χ0n) is 3.30. The van der Waals surface area contributed by atoms with Crippen LogP contribution in [0.25, 0.3) is 0 Å². The van der Waals surface area contributed by atoms with Gasteiger partial charge in [-0.1, -0.05) is 4.33 Å². The first-order valence-electron chi connectivity index (χ1n) is 1.18. The van der Waals surface area contributed by atoms with Gasteiger partial charge in [0.15, 0.2) is 0 Å². The molecule has 0 rings (SSSR count). The highest BCUT2D eigenvalue weighted by molar-refractivity contribution is 7.76. The molecule has 0 radical (unpaired) electrons. The van der Waals surface area contributed by atoms with Crippen molar-refractivity contribution < 1.29 is 26.2 Å². The zero-order chi connectivity index (χ0) is 6.57. The highest BCUT2D eigenvalue weighted by atomic mass is 32.2. The molecule has 8 heavy (non-hydrogen) atoms. The van der Waals surface area contributed by atoms with Gasteiger partial charge in [0.1, 0.15) is 11.4 Å². The maximum absolute atomic E-state index is 9.39. The summed E-state index contributed by atoms with van der Waals surface area (Å²) in [6.45, 7) is 0. The van der Waals surface area contributed by atoms with E-state index in [0.29, 0.717) is 0 Å². The van der Waals surface area contributed by atoms with E-state index in [0.717, 1.165) is 0 Å². The average Bonchev–Trinajstić information content (AvgIpc) is 1.61. The summed E-state index contributed by atoms with van der Waals surface area (Å²) in [6.07, 6.45) is 0. The third kappa shape index (κ3) is 6.14. The fourth-order valence-corrected chi connectivity index (χ4v) is 0.418. The smallest absolute Gasteiger partial charge is 0.331 e. The van der Waals surface area contributed by atoms with Crippen LogP contribution in [0.5, 0.6) is 0 Å². The van der Waals surface area contributed by atoms with Crippen LogP contribution in [0.1, 0.15) is 0 Å². The molecule has 0 aliphatic carbocycles. The number of hydrogen-bond acceptors (Lipinski definition) is 5. The SMILES string of the molecule is O=S([O-])OOS(=O)O. The van der Waals surface area contributed by atoms with E-state index in [4.69, 9.17) is 4.55 Å². The molecule has 0 amide bonds. The molecule has 50 valence electrons. The molecular formula is HO6S2-. The van der Waals surface area contributed by atoms with E-state index in [2.05, 4.69) is 8.67 Å². The molecule has 1 N–H and O–H groups in total. The van der Waals surface area contributed by atoms with Gasteiger partial charge in [-0.2, -0.15) is 4.21 Å². The molecule has 2 unspecified atom stereocenters. The van der Waals surface area contributed by atoms with Crippen LogP contribution in [-0.4, -0.2) is 17.5 Å². The lowest BCUT2D eigenvalue weighted by atomic mass is 14.9. The fraction of sp³-hybridized carbons (Fsp3) is 0. The van der Waals surface area contributed by atoms with E-state index in [1.807, 2.05) is 0 Å². The van der Waals surface area contributed by atoms with Crippen LogP contribution in [0.4, 0.5) is 0 Å². The molecule has 0 aliphatic heterocycles. The van der Waals surface area contributed by atoms with Gasteiger partial charge in [-0.15, -0.1) is 4.33 Å². The quantitative estimate of drug-likeness (QED) is 0.319. The Kier molecular flexibility index (Phi) is 4.13. The van der Waals surface area contributed by atoms with Crippen LogP contribution in [-0.2, 0) is 31.4 Å². The summed E-state index contributed by atoms with van der Waals surface area (Å²) in [5.41, 5.74) is 0. The second-order valence-corrected chi connectivity index (χ2v) is 1.67. The van der Waals surface area contributed by atoms with Crippen molar-refractivity contribution in [2.75, 3.05) is 0 Å². The first-order chi connectivity index (χ1) is 3.63. The highest BCUT2D eigenvalue weighted by Gasteiger charge is 1.91. The summed E-state index contributed by atoms with van der Waals surface area (Å²) in [7, 11) is 0. The van der Waals surface area contributed by atoms with Crippen molar-refractivity contribution in [3.63, 3.8) is 0 Å². The Balaban J connectivity index is 3.18. The second kappa shape index (κ2) is 4.06. The first-order valence-corrected chi connectivity index (χ1v) is 3.21. The predicted molar refractivity (Wildman–Crippen MR) is 21.9 cm³/mol. The summed E-state index contributed by atoms with van der Waals surface area (Å²) in [6, 6.07) is 0. The Hall–Kier alpha value is 0.140. The van der Waals surface area contributed by atoms with Crippen molar-refractivity contribution in [1.82, 2.24) is 0 Å². The minimum atomic E-state index is -2.91.